The van der Waals surface area contributed by atoms with Crippen LogP contribution in [0.3, 0.4) is 0 Å². The van der Waals surface area contributed by atoms with Crippen molar-refractivity contribution in [2.75, 3.05) is 20.1 Å². The number of nitrogens with one attached hydrogen (secondary N) is 3. The summed E-state index contributed by atoms with van der Waals surface area (Å²) in [5.74, 6) is -6.30. The Morgan fingerprint density at radius 3 is 2.22 bits per heavy atom. The number of carbonyl (C=O) groups excluding carboxylic acids is 8. The summed E-state index contributed by atoms with van der Waals surface area (Å²) in [5, 5.41) is 18.2. The molecular formula is C43H49N7O10. The van der Waals surface area contributed by atoms with Gasteiger partial charge in [0.1, 0.15) is 47.8 Å². The Hall–Kier alpha value is -6.65. The van der Waals surface area contributed by atoms with E-state index >= 15 is 0 Å². The molecule has 0 saturated carbocycles. The van der Waals surface area contributed by atoms with Crippen molar-refractivity contribution in [3.8, 4) is 5.75 Å². The van der Waals surface area contributed by atoms with E-state index in [-0.39, 0.29) is 56.5 Å². The van der Waals surface area contributed by atoms with Gasteiger partial charge in [-0.15, -0.1) is 0 Å². The minimum Gasteiger partial charge on any atom is -0.505 e. The van der Waals surface area contributed by atoms with Crippen LogP contribution >= 0.6 is 0 Å². The van der Waals surface area contributed by atoms with Crippen molar-refractivity contribution >= 4 is 47.2 Å². The van der Waals surface area contributed by atoms with Crippen LogP contribution in [0.4, 0.5) is 0 Å². The van der Waals surface area contributed by atoms with E-state index in [2.05, 4.69) is 20.9 Å². The number of ketones is 1. The highest BCUT2D eigenvalue weighted by atomic mass is 16.5. The number of piperidine rings is 1. The van der Waals surface area contributed by atoms with E-state index in [0.717, 1.165) is 5.56 Å². The fourth-order valence-electron chi connectivity index (χ4n) is 7.88. The van der Waals surface area contributed by atoms with E-state index in [4.69, 9.17) is 4.74 Å². The van der Waals surface area contributed by atoms with Crippen LogP contribution in [0.25, 0.3) is 0 Å². The van der Waals surface area contributed by atoms with E-state index in [9.17, 15) is 43.5 Å². The molecule has 2 unspecified atom stereocenters. The number of nitrogens with zero attached hydrogens (tertiary/aromatic N) is 4. The van der Waals surface area contributed by atoms with E-state index in [1.807, 2.05) is 6.07 Å². The number of aromatic nitrogens is 1. The molecule has 3 fully saturated rings. The van der Waals surface area contributed by atoms with Crippen LogP contribution < -0.4 is 16.0 Å². The summed E-state index contributed by atoms with van der Waals surface area (Å²) in [6.07, 6.45) is 0.235. The molecular weight excluding hydrogens is 775 g/mol. The topological polar surface area (TPSA) is 225 Å². The number of pyridine rings is 1. The first kappa shape index (κ1) is 42.9. The lowest BCUT2D eigenvalue weighted by Gasteiger charge is -2.40. The first-order valence-electron chi connectivity index (χ1n) is 20.0. The summed E-state index contributed by atoms with van der Waals surface area (Å²) in [6, 6.07) is 11.7. The molecule has 1 aromatic heterocycles. The molecule has 316 valence electrons. The third-order valence-corrected chi connectivity index (χ3v) is 11.2. The quantitative estimate of drug-likeness (QED) is 0.259. The zero-order chi connectivity index (χ0) is 43.1. The van der Waals surface area contributed by atoms with E-state index in [0.29, 0.717) is 6.42 Å². The molecule has 4 heterocycles. The maximum atomic E-state index is 14.8. The number of hydrogen-bond acceptors (Lipinski definition) is 11. The molecule has 0 aliphatic carbocycles. The summed E-state index contributed by atoms with van der Waals surface area (Å²) in [7, 11) is 1.47. The van der Waals surface area contributed by atoms with Crippen LogP contribution in [0.2, 0.25) is 0 Å². The van der Waals surface area contributed by atoms with Gasteiger partial charge >= 0.3 is 5.97 Å². The Balaban J connectivity index is 1.43. The van der Waals surface area contributed by atoms with Gasteiger partial charge in [0.25, 0.3) is 5.91 Å². The summed E-state index contributed by atoms with van der Waals surface area (Å²) >= 11 is 0. The lowest BCUT2D eigenvalue weighted by Crippen LogP contribution is -2.61. The highest BCUT2D eigenvalue weighted by Gasteiger charge is 2.45. The van der Waals surface area contributed by atoms with Crippen LogP contribution in [0.15, 0.2) is 79.0 Å². The second-order valence-electron chi connectivity index (χ2n) is 15.2. The van der Waals surface area contributed by atoms with Crippen molar-refractivity contribution in [1.82, 2.24) is 35.6 Å². The second kappa shape index (κ2) is 18.9. The zero-order valence-electron chi connectivity index (χ0n) is 33.6. The van der Waals surface area contributed by atoms with Crippen molar-refractivity contribution in [2.45, 2.75) is 94.7 Å². The fourth-order valence-corrected chi connectivity index (χ4v) is 7.88. The van der Waals surface area contributed by atoms with Gasteiger partial charge in [0, 0.05) is 45.6 Å². The average Bonchev–Trinajstić information content (AvgIpc) is 3.75. The number of aromatic hydroxyl groups is 1. The lowest BCUT2D eigenvalue weighted by atomic mass is 9.95. The van der Waals surface area contributed by atoms with Gasteiger partial charge in [-0.2, -0.15) is 0 Å². The molecule has 0 bridgehead atoms. The number of amides is 6. The highest BCUT2D eigenvalue weighted by molar-refractivity contribution is 6.01. The van der Waals surface area contributed by atoms with Crippen LogP contribution in [-0.4, -0.2) is 128 Å². The summed E-state index contributed by atoms with van der Waals surface area (Å²) in [5.41, 5.74) is 0.560. The number of esters is 1. The average molecular weight is 824 g/mol. The third kappa shape index (κ3) is 9.45. The zero-order valence-corrected chi connectivity index (χ0v) is 33.6. The Bertz CT molecular complexity index is 2120. The van der Waals surface area contributed by atoms with Gasteiger partial charge in [-0.05, 0) is 49.4 Å². The lowest BCUT2D eigenvalue weighted by molar-refractivity contribution is -0.156. The van der Waals surface area contributed by atoms with Gasteiger partial charge in [0.15, 0.2) is 11.7 Å². The Kier molecular flexibility index (Phi) is 13.6. The number of fused-ring (bicyclic) bond motifs is 2. The smallest absolute Gasteiger partial charge is 0.333 e. The Morgan fingerprint density at radius 1 is 0.850 bits per heavy atom. The number of carbonyl (C=O) groups is 8. The van der Waals surface area contributed by atoms with Crippen LogP contribution in [-0.2, 0) is 44.7 Å². The molecule has 4 N–H and O–H groups in total. The summed E-state index contributed by atoms with van der Waals surface area (Å²) in [4.78, 5) is 121. The Labute approximate surface area is 346 Å². The van der Waals surface area contributed by atoms with Gasteiger partial charge in [0.05, 0.1) is 0 Å². The van der Waals surface area contributed by atoms with Gasteiger partial charge < -0.3 is 40.5 Å². The van der Waals surface area contributed by atoms with E-state index < -0.39 is 95.2 Å². The van der Waals surface area contributed by atoms with Gasteiger partial charge in [-0.25, -0.2) is 9.78 Å². The molecule has 6 amide bonds. The van der Waals surface area contributed by atoms with Crippen molar-refractivity contribution in [2.24, 2.45) is 0 Å². The standard InChI is InChI=1S/C43H49N7O10/c1-4-29-40(56)49-21-12-17-30(49)41(57)48(3)32(23-26-13-7-5-8-14-26)42(58)50-22-19-28(51)24-31(50)37(53)47-35(27-15-9-6-10-16-27)43(59)60-25(2)34(38(54)45-29)46-39(55)36-33(52)18-11-20-44-36/h5-11,13-16,18,20,25,29-32,34-35,52H,4,12,17,19,21-24H2,1-3H3,(H,45,54)(H,46,55)(H,47,53)/t25?,29-,30+,31?,32+,34+,35+/m1/s1. The monoisotopic (exact) mass is 823 g/mol. The van der Waals surface area contributed by atoms with Crippen molar-refractivity contribution < 1.29 is 48.2 Å². The van der Waals surface area contributed by atoms with Crippen LogP contribution in [0.1, 0.15) is 73.6 Å². The van der Waals surface area contributed by atoms with Crippen molar-refractivity contribution in [1.29, 1.82) is 0 Å². The normalized spacial score (nSPS) is 26.1. The van der Waals surface area contributed by atoms with Gasteiger partial charge in [0.2, 0.25) is 29.5 Å². The first-order valence-corrected chi connectivity index (χ1v) is 20.0. The molecule has 17 heteroatoms. The molecule has 7 atom stereocenters. The predicted octanol–water partition coefficient (Wildman–Crippen LogP) is 1.20. The largest absolute Gasteiger partial charge is 0.505 e. The van der Waals surface area contributed by atoms with Gasteiger partial charge in [-0.3, -0.25) is 33.6 Å². The van der Waals surface area contributed by atoms with Crippen LogP contribution in [0, 0.1) is 0 Å². The SMILES string of the molecule is CC[C@H]1NC(=O)[C@@H](NC(=O)c2ncccc2O)C(C)OC(=O)[C@H](c2ccccc2)NC(=O)C2CC(=O)CCN2C(=O)[C@H](Cc2ccccc2)N(C)C(=O)[C@@H]2CCCN2C1=O. The second-order valence-corrected chi connectivity index (χ2v) is 15.2. The molecule has 0 radical (unpaired) electrons. The highest BCUT2D eigenvalue weighted by Crippen LogP contribution is 2.26. The molecule has 17 nitrogen and oxygen atoms in total. The third-order valence-electron chi connectivity index (χ3n) is 11.2. The van der Waals surface area contributed by atoms with Crippen LogP contribution in [0.5, 0.6) is 5.75 Å². The molecule has 6 rings (SSSR count). The van der Waals surface area contributed by atoms with E-state index in [1.165, 1.54) is 47.0 Å². The molecule has 3 aliphatic heterocycles. The number of rotatable bonds is 6. The maximum Gasteiger partial charge on any atom is 0.333 e. The maximum absolute atomic E-state index is 14.8. The molecule has 2 aromatic carbocycles. The number of cyclic esters (lactones) is 1. The summed E-state index contributed by atoms with van der Waals surface area (Å²) in [6.45, 7) is 3.03. The number of Topliss-reactive ketones (excluding diaryl/α,β-unsaturated/α-hetero) is 1. The number of ether oxygens (including phenoxy) is 1. The van der Waals surface area contributed by atoms with Gasteiger partial charge in [-0.1, -0.05) is 67.6 Å². The van der Waals surface area contributed by atoms with E-state index in [1.54, 1.807) is 61.5 Å². The molecule has 3 aliphatic rings. The molecule has 3 saturated heterocycles. The minimum absolute atomic E-state index is 0.0410. The number of hydrogen-bond donors (Lipinski definition) is 4. The fraction of sp³-hybridized carbons (Fsp3) is 0.419. The molecule has 60 heavy (non-hydrogen) atoms. The number of benzene rings is 2. The molecule has 0 spiro atoms. The minimum atomic E-state index is -1.68. The van der Waals surface area contributed by atoms with Crippen molar-refractivity contribution in [3.63, 3.8) is 0 Å². The van der Waals surface area contributed by atoms with Crippen molar-refractivity contribution in [3.05, 3.63) is 95.8 Å². The first-order chi connectivity index (χ1) is 28.8. The number of likely N-dealkylation sites (N-methyl/N-ethyl adjacent to an activating group) is 1. The molecule has 3 aromatic rings. The predicted molar refractivity (Wildman–Crippen MR) is 213 cm³/mol. The Morgan fingerprint density at radius 2 is 1.53 bits per heavy atom. The summed E-state index contributed by atoms with van der Waals surface area (Å²) < 4.78 is 5.83.